The number of hydrogen-bond acceptors (Lipinski definition) is 2. The molecule has 0 bridgehead atoms. The average Bonchev–Trinajstić information content (AvgIpc) is 2.04. The lowest BCUT2D eigenvalue weighted by atomic mass is 10.0. The maximum Gasteiger partial charge on any atom is 0.235 e. The van der Waals surface area contributed by atoms with E-state index in [9.17, 15) is 4.79 Å². The molecule has 0 aromatic carbocycles. The van der Waals surface area contributed by atoms with Crippen LogP contribution in [-0.2, 0) is 4.79 Å². The van der Waals surface area contributed by atoms with Crippen LogP contribution >= 0.6 is 11.6 Å². The van der Waals surface area contributed by atoms with Crippen LogP contribution in [-0.4, -0.2) is 29.0 Å². The Morgan fingerprint density at radius 1 is 1.73 bits per heavy atom. The van der Waals surface area contributed by atoms with E-state index < -0.39 is 5.54 Å². The standard InChI is InChI=1S/C7H14ClNO2/c1-3-7(2,5-10)9-6(11)4-8/h10H,3-5H2,1-2H3,(H,9,11). The summed E-state index contributed by atoms with van der Waals surface area (Å²) in [5.74, 6) is -0.305. The average molecular weight is 180 g/mol. The van der Waals surface area contributed by atoms with Gasteiger partial charge in [-0.1, -0.05) is 6.92 Å². The Bertz CT molecular complexity index is 134. The lowest BCUT2D eigenvalue weighted by Crippen LogP contribution is -2.48. The molecule has 0 rings (SSSR count). The van der Waals surface area contributed by atoms with E-state index in [1.165, 1.54) is 0 Å². The number of hydrogen-bond donors (Lipinski definition) is 2. The molecule has 11 heavy (non-hydrogen) atoms. The minimum Gasteiger partial charge on any atom is -0.394 e. The summed E-state index contributed by atoms with van der Waals surface area (Å²) in [5, 5.41) is 11.5. The van der Waals surface area contributed by atoms with Crippen molar-refractivity contribution in [2.45, 2.75) is 25.8 Å². The number of carbonyl (C=O) groups is 1. The molecule has 2 N–H and O–H groups in total. The van der Waals surface area contributed by atoms with Gasteiger partial charge in [0.1, 0.15) is 5.88 Å². The van der Waals surface area contributed by atoms with Crippen molar-refractivity contribution < 1.29 is 9.90 Å². The van der Waals surface area contributed by atoms with Gasteiger partial charge >= 0.3 is 0 Å². The molecule has 66 valence electrons. The van der Waals surface area contributed by atoms with Gasteiger partial charge in [0.25, 0.3) is 0 Å². The minimum absolute atomic E-state index is 0.0599. The molecule has 1 atom stereocenters. The molecule has 0 radical (unpaired) electrons. The van der Waals surface area contributed by atoms with Gasteiger partial charge in [-0.3, -0.25) is 4.79 Å². The van der Waals surface area contributed by atoms with Gasteiger partial charge in [-0.25, -0.2) is 0 Å². The Kier molecular flexibility index (Phi) is 4.45. The second-order valence-electron chi connectivity index (χ2n) is 2.75. The molecule has 0 aromatic heterocycles. The Morgan fingerprint density at radius 3 is 2.55 bits per heavy atom. The Labute approximate surface area is 71.7 Å². The molecule has 0 aliphatic carbocycles. The normalized spacial score (nSPS) is 15.6. The predicted octanol–water partition coefficient (Wildman–Crippen LogP) is 0.502. The second-order valence-corrected chi connectivity index (χ2v) is 3.02. The fourth-order valence-corrected chi connectivity index (χ4v) is 0.677. The SMILES string of the molecule is CCC(C)(CO)NC(=O)CCl. The van der Waals surface area contributed by atoms with Crippen LogP contribution in [0.25, 0.3) is 0 Å². The van der Waals surface area contributed by atoms with Gasteiger partial charge in [-0.15, -0.1) is 11.6 Å². The van der Waals surface area contributed by atoms with E-state index in [0.717, 1.165) is 0 Å². The summed E-state index contributed by atoms with van der Waals surface area (Å²) >= 11 is 5.28. The Hall–Kier alpha value is -0.280. The van der Waals surface area contributed by atoms with Crippen molar-refractivity contribution >= 4 is 17.5 Å². The van der Waals surface area contributed by atoms with Crippen LogP contribution < -0.4 is 5.32 Å². The molecule has 4 heteroatoms. The van der Waals surface area contributed by atoms with E-state index in [2.05, 4.69) is 5.32 Å². The van der Waals surface area contributed by atoms with Gasteiger partial charge in [0.15, 0.2) is 0 Å². The van der Waals surface area contributed by atoms with Crippen molar-refractivity contribution in [2.24, 2.45) is 0 Å². The van der Waals surface area contributed by atoms with Crippen LogP contribution in [0.4, 0.5) is 0 Å². The smallest absolute Gasteiger partial charge is 0.235 e. The Balaban J connectivity index is 3.96. The molecule has 0 fully saturated rings. The fraction of sp³-hybridized carbons (Fsp3) is 0.857. The largest absolute Gasteiger partial charge is 0.394 e. The molecule has 0 aliphatic heterocycles. The van der Waals surface area contributed by atoms with Crippen molar-refractivity contribution in [2.75, 3.05) is 12.5 Å². The van der Waals surface area contributed by atoms with Crippen molar-refractivity contribution in [1.82, 2.24) is 5.32 Å². The first-order valence-corrected chi connectivity index (χ1v) is 4.09. The Morgan fingerprint density at radius 2 is 2.27 bits per heavy atom. The number of aliphatic hydroxyl groups is 1. The highest BCUT2D eigenvalue weighted by Gasteiger charge is 2.22. The molecule has 1 unspecified atom stereocenters. The van der Waals surface area contributed by atoms with Crippen LogP contribution in [0.2, 0.25) is 0 Å². The summed E-state index contributed by atoms with van der Waals surface area (Å²) in [4.78, 5) is 10.8. The summed E-state index contributed by atoms with van der Waals surface area (Å²) in [7, 11) is 0. The monoisotopic (exact) mass is 179 g/mol. The number of carbonyl (C=O) groups excluding carboxylic acids is 1. The first-order valence-electron chi connectivity index (χ1n) is 3.56. The van der Waals surface area contributed by atoms with E-state index >= 15 is 0 Å². The topological polar surface area (TPSA) is 49.3 Å². The number of halogens is 1. The molecule has 0 saturated carbocycles. The highest BCUT2D eigenvalue weighted by molar-refractivity contribution is 6.27. The third-order valence-corrected chi connectivity index (χ3v) is 1.93. The van der Waals surface area contributed by atoms with Crippen LogP contribution in [0.3, 0.4) is 0 Å². The number of alkyl halides is 1. The van der Waals surface area contributed by atoms with Gasteiger partial charge in [-0.05, 0) is 13.3 Å². The predicted molar refractivity (Wildman–Crippen MR) is 44.6 cm³/mol. The fourth-order valence-electron chi connectivity index (χ4n) is 0.610. The summed E-state index contributed by atoms with van der Waals surface area (Å²) in [6.07, 6.45) is 0.687. The molecular formula is C7H14ClNO2. The zero-order chi connectivity index (χ0) is 8.91. The van der Waals surface area contributed by atoms with E-state index in [1.54, 1.807) is 6.92 Å². The molecule has 0 spiro atoms. The van der Waals surface area contributed by atoms with Crippen molar-refractivity contribution in [1.29, 1.82) is 0 Å². The molecule has 1 amide bonds. The summed E-state index contributed by atoms with van der Waals surface area (Å²) in [6, 6.07) is 0. The third kappa shape index (κ3) is 3.58. The molecule has 0 saturated heterocycles. The van der Waals surface area contributed by atoms with Gasteiger partial charge < -0.3 is 10.4 Å². The van der Waals surface area contributed by atoms with Gasteiger partial charge in [0.2, 0.25) is 5.91 Å². The number of aliphatic hydroxyl groups excluding tert-OH is 1. The van der Waals surface area contributed by atoms with Crippen molar-refractivity contribution in [3.05, 3.63) is 0 Å². The van der Waals surface area contributed by atoms with Crippen molar-refractivity contribution in [3.8, 4) is 0 Å². The lowest BCUT2D eigenvalue weighted by molar-refractivity contribution is -0.121. The van der Waals surface area contributed by atoms with Crippen molar-refractivity contribution in [3.63, 3.8) is 0 Å². The number of amides is 1. The van der Waals surface area contributed by atoms with E-state index in [-0.39, 0.29) is 18.4 Å². The summed E-state index contributed by atoms with van der Waals surface area (Å²) in [6.45, 7) is 3.61. The zero-order valence-corrected chi connectivity index (χ0v) is 7.61. The van der Waals surface area contributed by atoms with Crippen LogP contribution in [0.1, 0.15) is 20.3 Å². The van der Waals surface area contributed by atoms with E-state index in [4.69, 9.17) is 16.7 Å². The van der Waals surface area contributed by atoms with E-state index in [1.807, 2.05) is 6.92 Å². The molecule has 0 heterocycles. The first kappa shape index (κ1) is 10.7. The highest BCUT2D eigenvalue weighted by atomic mass is 35.5. The van der Waals surface area contributed by atoms with Crippen LogP contribution in [0.5, 0.6) is 0 Å². The number of rotatable bonds is 4. The molecular weight excluding hydrogens is 166 g/mol. The minimum atomic E-state index is -0.522. The molecule has 3 nitrogen and oxygen atoms in total. The maximum atomic E-state index is 10.8. The lowest BCUT2D eigenvalue weighted by Gasteiger charge is -2.26. The summed E-state index contributed by atoms with van der Waals surface area (Å²) in [5.41, 5.74) is -0.522. The molecule has 0 aliphatic rings. The highest BCUT2D eigenvalue weighted by Crippen LogP contribution is 2.06. The quantitative estimate of drug-likeness (QED) is 0.618. The van der Waals surface area contributed by atoms with Crippen LogP contribution in [0, 0.1) is 0 Å². The summed E-state index contributed by atoms with van der Waals surface area (Å²) < 4.78 is 0. The van der Waals surface area contributed by atoms with E-state index in [0.29, 0.717) is 6.42 Å². The molecule has 0 aromatic rings. The van der Waals surface area contributed by atoms with Crippen LogP contribution in [0.15, 0.2) is 0 Å². The maximum absolute atomic E-state index is 10.8. The first-order chi connectivity index (χ1) is 5.08. The van der Waals surface area contributed by atoms with Gasteiger partial charge in [0, 0.05) is 0 Å². The second kappa shape index (κ2) is 4.57. The van der Waals surface area contributed by atoms with Gasteiger partial charge in [0.05, 0.1) is 12.1 Å². The number of nitrogens with one attached hydrogen (secondary N) is 1. The zero-order valence-electron chi connectivity index (χ0n) is 6.85. The third-order valence-electron chi connectivity index (χ3n) is 1.69. The van der Waals surface area contributed by atoms with Gasteiger partial charge in [-0.2, -0.15) is 0 Å².